The second kappa shape index (κ2) is 8.79. The third-order valence-electron chi connectivity index (χ3n) is 6.39. The number of aromatic nitrogens is 1. The van der Waals surface area contributed by atoms with Gasteiger partial charge in [-0.05, 0) is 42.2 Å². The fourth-order valence-electron chi connectivity index (χ4n) is 4.85. The monoisotopic (exact) mass is 481 g/mol. The number of rotatable bonds is 4. The average Bonchev–Trinajstić information content (AvgIpc) is 3.07. The van der Waals surface area contributed by atoms with Gasteiger partial charge in [-0.2, -0.15) is 0 Å². The first-order chi connectivity index (χ1) is 15.9. The van der Waals surface area contributed by atoms with E-state index in [0.717, 1.165) is 17.7 Å². The van der Waals surface area contributed by atoms with E-state index in [0.29, 0.717) is 34.6 Å². The van der Waals surface area contributed by atoms with Crippen LogP contribution in [0.15, 0.2) is 52.2 Å². The second-order valence-electron chi connectivity index (χ2n) is 8.54. The molecule has 3 aliphatic heterocycles. The maximum atomic E-state index is 13.2. The SMILES string of the molecule is COc1cccc(/C=C2\SC(=S)N(CC(=O)N3C[C@H]4C[C@@H](C3)c3cccc(=O)n3C4)C2=O)c1. The molecule has 33 heavy (non-hydrogen) atoms. The number of pyridine rings is 1. The van der Waals surface area contributed by atoms with E-state index >= 15 is 0 Å². The Hall–Kier alpha value is -2.91. The number of methoxy groups -OCH3 is 1. The summed E-state index contributed by atoms with van der Waals surface area (Å²) in [5.74, 6) is 0.702. The van der Waals surface area contributed by atoms with Gasteiger partial charge in [0.1, 0.15) is 16.6 Å². The maximum absolute atomic E-state index is 13.2. The van der Waals surface area contributed by atoms with Crippen molar-refractivity contribution >= 4 is 46.2 Å². The van der Waals surface area contributed by atoms with Gasteiger partial charge in [-0.3, -0.25) is 19.3 Å². The summed E-state index contributed by atoms with van der Waals surface area (Å²) in [6.45, 7) is 1.69. The molecule has 2 aromatic rings. The molecule has 1 aromatic carbocycles. The summed E-state index contributed by atoms with van der Waals surface area (Å²) < 4.78 is 7.47. The van der Waals surface area contributed by atoms with Crippen LogP contribution in [0, 0.1) is 5.92 Å². The zero-order valence-electron chi connectivity index (χ0n) is 18.1. The standard InChI is InChI=1S/C24H23N3O4S2/c1-31-18-5-2-4-15(9-18)10-20-23(30)27(24(32)33-20)14-22(29)25-11-16-8-17(13-25)19-6-3-7-21(28)26(19)12-16/h2-7,9-10,16-17H,8,11-14H2,1H3/b20-10-/t16-,17+/m1/s1. The van der Waals surface area contributed by atoms with E-state index in [1.165, 1.54) is 16.7 Å². The second-order valence-corrected chi connectivity index (χ2v) is 10.2. The lowest BCUT2D eigenvalue weighted by Gasteiger charge is -2.43. The van der Waals surface area contributed by atoms with Crippen LogP contribution in [0.2, 0.25) is 0 Å². The van der Waals surface area contributed by atoms with Gasteiger partial charge in [-0.15, -0.1) is 0 Å². The smallest absolute Gasteiger partial charge is 0.266 e. The first-order valence-corrected chi connectivity index (χ1v) is 12.0. The molecule has 1 aromatic heterocycles. The quantitative estimate of drug-likeness (QED) is 0.494. The van der Waals surface area contributed by atoms with Gasteiger partial charge in [0.05, 0.1) is 12.0 Å². The van der Waals surface area contributed by atoms with Crippen molar-refractivity contribution in [3.63, 3.8) is 0 Å². The Morgan fingerprint density at radius 2 is 2.00 bits per heavy atom. The van der Waals surface area contributed by atoms with Crippen LogP contribution in [-0.4, -0.2) is 57.2 Å². The van der Waals surface area contributed by atoms with Crippen molar-refractivity contribution in [1.29, 1.82) is 0 Å². The number of ether oxygens (including phenoxy) is 1. The van der Waals surface area contributed by atoms with Crippen LogP contribution in [0.4, 0.5) is 0 Å². The number of benzene rings is 1. The summed E-state index contributed by atoms with van der Waals surface area (Å²) in [7, 11) is 1.59. The number of piperidine rings is 1. The van der Waals surface area contributed by atoms with Gasteiger partial charge in [0, 0.05) is 37.3 Å². The molecule has 4 heterocycles. The molecule has 5 rings (SSSR count). The highest BCUT2D eigenvalue weighted by molar-refractivity contribution is 8.26. The van der Waals surface area contributed by atoms with Crippen LogP contribution in [0.1, 0.15) is 23.6 Å². The predicted molar refractivity (Wildman–Crippen MR) is 131 cm³/mol. The molecule has 0 saturated carbocycles. The van der Waals surface area contributed by atoms with Crippen molar-refractivity contribution in [1.82, 2.24) is 14.4 Å². The summed E-state index contributed by atoms with van der Waals surface area (Å²) in [5.41, 5.74) is 1.84. The van der Waals surface area contributed by atoms with Crippen molar-refractivity contribution in [3.05, 3.63) is 69.0 Å². The van der Waals surface area contributed by atoms with Crippen molar-refractivity contribution in [2.45, 2.75) is 18.9 Å². The lowest BCUT2D eigenvalue weighted by atomic mass is 9.83. The molecule has 0 radical (unpaired) electrons. The first kappa shape index (κ1) is 21.9. The first-order valence-electron chi connectivity index (χ1n) is 10.8. The van der Waals surface area contributed by atoms with Crippen LogP contribution in [0.5, 0.6) is 5.75 Å². The summed E-state index contributed by atoms with van der Waals surface area (Å²) in [4.78, 5) is 42.1. The third-order valence-corrected chi connectivity index (χ3v) is 7.77. The number of fused-ring (bicyclic) bond motifs is 4. The number of hydrogen-bond donors (Lipinski definition) is 0. The van der Waals surface area contributed by atoms with Gasteiger partial charge < -0.3 is 14.2 Å². The highest BCUT2D eigenvalue weighted by Crippen LogP contribution is 2.36. The molecule has 0 spiro atoms. The fraction of sp³-hybridized carbons (Fsp3) is 0.333. The molecule has 2 saturated heterocycles. The van der Waals surface area contributed by atoms with E-state index in [-0.39, 0.29) is 35.8 Å². The van der Waals surface area contributed by atoms with Crippen molar-refractivity contribution in [2.24, 2.45) is 5.92 Å². The van der Waals surface area contributed by atoms with Crippen molar-refractivity contribution in [3.8, 4) is 5.75 Å². The molecule has 2 fully saturated rings. The van der Waals surface area contributed by atoms with Crippen LogP contribution in [0.25, 0.3) is 6.08 Å². The van der Waals surface area contributed by atoms with Crippen LogP contribution in [-0.2, 0) is 16.1 Å². The Bertz CT molecular complexity index is 1240. The molecular formula is C24H23N3O4S2. The Balaban J connectivity index is 1.29. The Morgan fingerprint density at radius 3 is 2.82 bits per heavy atom. The Kier molecular flexibility index (Phi) is 5.84. The lowest BCUT2D eigenvalue weighted by molar-refractivity contribution is -0.137. The summed E-state index contributed by atoms with van der Waals surface area (Å²) >= 11 is 6.63. The third kappa shape index (κ3) is 4.22. The number of nitrogens with zero attached hydrogens (tertiary/aromatic N) is 3. The number of amides is 2. The van der Waals surface area contributed by atoms with Gasteiger partial charge in [0.25, 0.3) is 11.5 Å². The predicted octanol–water partition coefficient (Wildman–Crippen LogP) is 2.70. The number of carbonyl (C=O) groups excluding carboxylic acids is 2. The van der Waals surface area contributed by atoms with E-state index in [9.17, 15) is 14.4 Å². The Morgan fingerprint density at radius 1 is 1.18 bits per heavy atom. The van der Waals surface area contributed by atoms with Crippen LogP contribution < -0.4 is 10.3 Å². The zero-order valence-corrected chi connectivity index (χ0v) is 19.7. The molecule has 2 atom stereocenters. The maximum Gasteiger partial charge on any atom is 0.266 e. The zero-order chi connectivity index (χ0) is 23.1. The topological polar surface area (TPSA) is 71.8 Å². The minimum atomic E-state index is -0.254. The highest BCUT2D eigenvalue weighted by atomic mass is 32.2. The molecule has 7 nitrogen and oxygen atoms in total. The molecular weight excluding hydrogens is 458 g/mol. The minimum absolute atomic E-state index is 0.0161. The molecule has 2 bridgehead atoms. The average molecular weight is 482 g/mol. The molecule has 2 amide bonds. The Labute approximate surface area is 201 Å². The fourth-order valence-corrected chi connectivity index (χ4v) is 6.11. The normalized spacial score (nSPS) is 23.1. The van der Waals surface area contributed by atoms with Gasteiger partial charge in [-0.1, -0.05) is 42.2 Å². The molecule has 0 unspecified atom stereocenters. The highest BCUT2D eigenvalue weighted by Gasteiger charge is 2.39. The lowest BCUT2D eigenvalue weighted by Crippen LogP contribution is -2.51. The number of likely N-dealkylation sites (tertiary alicyclic amines) is 1. The van der Waals surface area contributed by atoms with E-state index < -0.39 is 0 Å². The number of carbonyl (C=O) groups is 2. The number of thioether (sulfide) groups is 1. The molecule has 170 valence electrons. The van der Waals surface area contributed by atoms with E-state index in [1.807, 2.05) is 39.8 Å². The summed E-state index contributed by atoms with van der Waals surface area (Å²) in [5, 5.41) is 0. The molecule has 9 heteroatoms. The summed E-state index contributed by atoms with van der Waals surface area (Å²) in [6, 6.07) is 12.8. The van der Waals surface area contributed by atoms with Gasteiger partial charge in [-0.25, -0.2) is 0 Å². The van der Waals surface area contributed by atoms with Crippen LogP contribution in [0.3, 0.4) is 0 Å². The molecule has 3 aliphatic rings. The summed E-state index contributed by atoms with van der Waals surface area (Å²) in [6.07, 6.45) is 2.74. The largest absolute Gasteiger partial charge is 0.497 e. The van der Waals surface area contributed by atoms with Gasteiger partial charge >= 0.3 is 0 Å². The number of hydrogen-bond acceptors (Lipinski definition) is 6. The van der Waals surface area contributed by atoms with E-state index in [4.69, 9.17) is 17.0 Å². The minimum Gasteiger partial charge on any atom is -0.497 e. The van der Waals surface area contributed by atoms with Crippen molar-refractivity contribution in [2.75, 3.05) is 26.7 Å². The molecule has 0 N–H and O–H groups in total. The van der Waals surface area contributed by atoms with Crippen molar-refractivity contribution < 1.29 is 14.3 Å². The van der Waals surface area contributed by atoms with E-state index in [2.05, 4.69) is 0 Å². The van der Waals surface area contributed by atoms with E-state index in [1.54, 1.807) is 25.3 Å². The number of thiocarbonyl (C=S) groups is 1. The molecule has 0 aliphatic carbocycles. The van der Waals surface area contributed by atoms with Gasteiger partial charge in [0.15, 0.2) is 0 Å². The van der Waals surface area contributed by atoms with Gasteiger partial charge in [0.2, 0.25) is 5.91 Å². The van der Waals surface area contributed by atoms with Crippen LogP contribution >= 0.6 is 24.0 Å².